The summed E-state index contributed by atoms with van der Waals surface area (Å²) < 4.78 is 0. The highest BCUT2D eigenvalue weighted by atomic mass is 16.3. The molecule has 0 spiro atoms. The molecule has 3 aromatic rings. The first kappa shape index (κ1) is 18.1. The minimum Gasteiger partial charge on any atom is -0.395 e. The third-order valence-electron chi connectivity index (χ3n) is 6.04. The second-order valence-corrected chi connectivity index (χ2v) is 7.93. The number of aryl methyl sites for hydroxylation is 1. The summed E-state index contributed by atoms with van der Waals surface area (Å²) in [6, 6.07) is 7.92. The number of benzene rings is 1. The Morgan fingerprint density at radius 3 is 3.00 bits per heavy atom. The summed E-state index contributed by atoms with van der Waals surface area (Å²) >= 11 is 0. The Labute approximate surface area is 169 Å². The number of H-pyrrole nitrogens is 1. The summed E-state index contributed by atoms with van der Waals surface area (Å²) in [6.45, 7) is 4.09. The zero-order chi connectivity index (χ0) is 20.0. The van der Waals surface area contributed by atoms with Crippen molar-refractivity contribution in [2.24, 2.45) is 0 Å². The molecule has 4 bridgehead atoms. The average Bonchev–Trinajstić information content (AvgIpc) is 3.17. The molecule has 1 amide bonds. The highest BCUT2D eigenvalue weighted by Crippen LogP contribution is 2.35. The number of nitrogens with zero attached hydrogens (tertiary/aromatic N) is 3. The molecule has 1 unspecified atom stereocenters. The van der Waals surface area contributed by atoms with Gasteiger partial charge in [-0.3, -0.25) is 4.79 Å². The van der Waals surface area contributed by atoms with E-state index in [1.165, 1.54) is 0 Å². The number of aromatic nitrogens is 3. The second-order valence-electron chi connectivity index (χ2n) is 7.93. The number of aromatic amines is 1. The molecule has 0 saturated heterocycles. The molecule has 5 rings (SSSR count). The van der Waals surface area contributed by atoms with Crippen LogP contribution in [-0.4, -0.2) is 52.2 Å². The van der Waals surface area contributed by atoms with Crippen molar-refractivity contribution in [1.82, 2.24) is 20.3 Å². The van der Waals surface area contributed by atoms with E-state index >= 15 is 0 Å². The molecule has 0 saturated carbocycles. The van der Waals surface area contributed by atoms with Crippen molar-refractivity contribution in [2.45, 2.75) is 32.1 Å². The highest BCUT2D eigenvalue weighted by molar-refractivity contribution is 6.00. The summed E-state index contributed by atoms with van der Waals surface area (Å²) in [4.78, 5) is 27.9. The maximum absolute atomic E-state index is 12.4. The number of carbonyl (C=O) groups excluding carboxylic acids is 1. The van der Waals surface area contributed by atoms with Crippen molar-refractivity contribution in [1.29, 1.82) is 0 Å². The lowest BCUT2D eigenvalue weighted by molar-refractivity contribution is 0.0939. The number of hydrogen-bond acceptors (Lipinski definition) is 5. The number of nitrogens with one attached hydrogen (secondary N) is 2. The van der Waals surface area contributed by atoms with Gasteiger partial charge in [-0.15, -0.1) is 0 Å². The first-order chi connectivity index (χ1) is 14.2. The molecule has 4 heterocycles. The molecule has 0 aliphatic carbocycles. The number of hydrogen-bond donors (Lipinski definition) is 3. The maximum Gasteiger partial charge on any atom is 0.253 e. The van der Waals surface area contributed by atoms with Crippen LogP contribution >= 0.6 is 0 Å². The van der Waals surface area contributed by atoms with Crippen LogP contribution in [0.4, 0.5) is 5.82 Å². The van der Waals surface area contributed by atoms with Crippen molar-refractivity contribution in [3.63, 3.8) is 0 Å². The molecule has 2 aromatic heterocycles. The molecular weight excluding hydrogens is 366 g/mol. The third kappa shape index (κ3) is 3.06. The van der Waals surface area contributed by atoms with Crippen LogP contribution in [0, 0.1) is 6.92 Å². The quantitative estimate of drug-likeness (QED) is 0.624. The van der Waals surface area contributed by atoms with Gasteiger partial charge in [0.25, 0.3) is 5.91 Å². The Balaban J connectivity index is 1.75. The number of carbonyl (C=O) groups is 1. The molecule has 7 heteroatoms. The van der Waals surface area contributed by atoms with Crippen LogP contribution in [-0.2, 0) is 0 Å². The van der Waals surface area contributed by atoms with E-state index in [1.54, 1.807) is 0 Å². The molecule has 0 radical (unpaired) electrons. The van der Waals surface area contributed by atoms with Crippen LogP contribution < -0.4 is 10.2 Å². The lowest BCUT2D eigenvalue weighted by atomic mass is 9.92. The van der Waals surface area contributed by atoms with Gasteiger partial charge in [-0.05, 0) is 31.9 Å². The highest BCUT2D eigenvalue weighted by Gasteiger charge is 2.28. The first-order valence-corrected chi connectivity index (χ1v) is 10.3. The van der Waals surface area contributed by atoms with Crippen molar-refractivity contribution in [3.8, 4) is 11.3 Å². The summed E-state index contributed by atoms with van der Waals surface area (Å²) in [5, 5.41) is 12.6. The van der Waals surface area contributed by atoms with Crippen LogP contribution in [0.1, 0.15) is 46.9 Å². The largest absolute Gasteiger partial charge is 0.395 e. The molecule has 150 valence electrons. The molecule has 3 N–H and O–H groups in total. The van der Waals surface area contributed by atoms with E-state index in [2.05, 4.69) is 15.2 Å². The average molecular weight is 391 g/mol. The normalized spacial score (nSPS) is 18.9. The van der Waals surface area contributed by atoms with E-state index in [0.29, 0.717) is 19.0 Å². The second kappa shape index (κ2) is 7.15. The number of β-amino-alcohol motifs (C(OH)–C–C–N with tert-alkyl or cyclic N) is 1. The number of anilines is 1. The molecular formula is C22H25N5O2. The van der Waals surface area contributed by atoms with Crippen molar-refractivity contribution >= 4 is 22.8 Å². The standard InChI is InChI=1S/C22H25N5O2/c1-13-21-26-20-15(6-4-7-17(20)24-13)18-11-16-19(25-18)14(12-23-22(16)29)5-2-3-8-27(21)9-10-28/h4,6-7,11,14,25,28H,2-3,5,8-10,12H2,1H3,(H,23,29). The Bertz CT molecular complexity index is 1090. The van der Waals surface area contributed by atoms with Gasteiger partial charge in [-0.1, -0.05) is 18.6 Å². The van der Waals surface area contributed by atoms with E-state index in [1.807, 2.05) is 31.2 Å². The van der Waals surface area contributed by atoms with Gasteiger partial charge in [0.1, 0.15) is 5.52 Å². The minimum absolute atomic E-state index is 0.0113. The van der Waals surface area contributed by atoms with Crippen LogP contribution in [0.15, 0.2) is 24.3 Å². The fraction of sp³-hybridized carbons (Fsp3) is 0.409. The van der Waals surface area contributed by atoms with Crippen LogP contribution in [0.2, 0.25) is 0 Å². The molecule has 29 heavy (non-hydrogen) atoms. The lowest BCUT2D eigenvalue weighted by Crippen LogP contribution is -2.34. The smallest absolute Gasteiger partial charge is 0.253 e. The predicted molar refractivity (Wildman–Crippen MR) is 112 cm³/mol. The number of para-hydroxylation sites is 1. The van der Waals surface area contributed by atoms with Gasteiger partial charge >= 0.3 is 0 Å². The molecule has 2 aliphatic heterocycles. The Morgan fingerprint density at radius 2 is 2.14 bits per heavy atom. The van der Waals surface area contributed by atoms with Gasteiger partial charge in [-0.25, -0.2) is 9.97 Å². The van der Waals surface area contributed by atoms with Gasteiger partial charge in [0, 0.05) is 42.5 Å². The van der Waals surface area contributed by atoms with E-state index in [4.69, 9.17) is 9.97 Å². The monoisotopic (exact) mass is 391 g/mol. The van der Waals surface area contributed by atoms with Gasteiger partial charge in [0.15, 0.2) is 5.82 Å². The summed E-state index contributed by atoms with van der Waals surface area (Å²) in [5.41, 5.74) is 6.13. The number of fused-ring (bicyclic) bond motifs is 3. The topological polar surface area (TPSA) is 94.1 Å². The van der Waals surface area contributed by atoms with E-state index < -0.39 is 0 Å². The fourth-order valence-electron chi connectivity index (χ4n) is 4.60. The number of amides is 1. The minimum atomic E-state index is -0.0113. The van der Waals surface area contributed by atoms with E-state index in [0.717, 1.165) is 70.9 Å². The van der Waals surface area contributed by atoms with Crippen molar-refractivity contribution in [2.75, 3.05) is 31.1 Å². The van der Waals surface area contributed by atoms with E-state index in [9.17, 15) is 9.90 Å². The van der Waals surface area contributed by atoms with E-state index in [-0.39, 0.29) is 12.5 Å². The van der Waals surface area contributed by atoms with Crippen LogP contribution in [0.3, 0.4) is 0 Å². The molecule has 0 fully saturated rings. The molecule has 1 atom stereocenters. The summed E-state index contributed by atoms with van der Waals surface area (Å²) in [7, 11) is 0. The maximum atomic E-state index is 12.4. The Morgan fingerprint density at radius 1 is 1.24 bits per heavy atom. The zero-order valence-electron chi connectivity index (χ0n) is 16.5. The molecule has 7 nitrogen and oxygen atoms in total. The predicted octanol–water partition coefficient (Wildman–Crippen LogP) is 2.74. The van der Waals surface area contributed by atoms with Crippen LogP contribution in [0.5, 0.6) is 0 Å². The third-order valence-corrected chi connectivity index (χ3v) is 6.04. The Kier molecular flexibility index (Phi) is 4.47. The number of rotatable bonds is 2. The lowest BCUT2D eigenvalue weighted by Gasteiger charge is -2.26. The fourth-order valence-corrected chi connectivity index (χ4v) is 4.60. The Hall–Kier alpha value is -2.93. The summed E-state index contributed by atoms with van der Waals surface area (Å²) in [6.07, 6.45) is 3.04. The van der Waals surface area contributed by atoms with Gasteiger partial charge in [0.05, 0.1) is 23.4 Å². The molecule has 2 aliphatic rings. The number of aliphatic hydroxyl groups excluding tert-OH is 1. The SMILES string of the molecule is Cc1nc2cccc3c2nc1N(CCO)CCCCC1CNC(=O)c2cc-3[nH]c21. The van der Waals surface area contributed by atoms with Gasteiger partial charge < -0.3 is 20.3 Å². The summed E-state index contributed by atoms with van der Waals surface area (Å²) in [5.74, 6) is 1.10. The van der Waals surface area contributed by atoms with Crippen LogP contribution in [0.25, 0.3) is 22.3 Å². The first-order valence-electron chi connectivity index (χ1n) is 10.3. The number of aliphatic hydroxyl groups is 1. The zero-order valence-corrected chi connectivity index (χ0v) is 16.5. The van der Waals surface area contributed by atoms with Crippen molar-refractivity contribution < 1.29 is 9.90 Å². The van der Waals surface area contributed by atoms with Crippen molar-refractivity contribution in [3.05, 3.63) is 41.2 Å². The molecule has 1 aromatic carbocycles. The van der Waals surface area contributed by atoms with Gasteiger partial charge in [-0.2, -0.15) is 0 Å². The van der Waals surface area contributed by atoms with Gasteiger partial charge in [0.2, 0.25) is 0 Å².